The number of nitrogens with zero attached hydrogens (tertiary/aromatic N) is 2. The van der Waals surface area contributed by atoms with Gasteiger partial charge in [-0.1, -0.05) is 12.8 Å². The lowest BCUT2D eigenvalue weighted by Gasteiger charge is -2.24. The summed E-state index contributed by atoms with van der Waals surface area (Å²) >= 11 is 0. The summed E-state index contributed by atoms with van der Waals surface area (Å²) in [6, 6.07) is 7.52. The number of benzene rings is 1. The first kappa shape index (κ1) is 16.8. The zero-order valence-corrected chi connectivity index (χ0v) is 14.4. The van der Waals surface area contributed by atoms with E-state index in [1.54, 1.807) is 4.90 Å². The van der Waals surface area contributed by atoms with Crippen LogP contribution in [0.2, 0.25) is 0 Å². The molecule has 0 spiro atoms. The molecule has 1 aromatic carbocycles. The molecule has 0 aliphatic carbocycles. The number of carbonyl (C=O) groups excluding carboxylic acids is 2. The molecule has 0 N–H and O–H groups in total. The number of rotatable bonds is 4. The van der Waals surface area contributed by atoms with Crippen LogP contribution in [0.5, 0.6) is 5.75 Å². The summed E-state index contributed by atoms with van der Waals surface area (Å²) in [4.78, 5) is 28.8. The van der Waals surface area contributed by atoms with Gasteiger partial charge in [0.1, 0.15) is 5.75 Å². The molecule has 5 heteroatoms. The molecule has 2 fully saturated rings. The van der Waals surface area contributed by atoms with Crippen molar-refractivity contribution in [2.24, 2.45) is 5.92 Å². The molecule has 0 unspecified atom stereocenters. The summed E-state index contributed by atoms with van der Waals surface area (Å²) in [5.41, 5.74) is 0.842. The summed E-state index contributed by atoms with van der Waals surface area (Å²) in [6.07, 6.45) is 4.88. The third-order valence-corrected chi connectivity index (χ3v) is 4.85. The monoisotopic (exact) mass is 330 g/mol. The second-order valence-electron chi connectivity index (χ2n) is 6.57. The highest BCUT2D eigenvalue weighted by Crippen LogP contribution is 2.28. The molecule has 1 aromatic rings. The van der Waals surface area contributed by atoms with Crippen LogP contribution < -0.4 is 9.64 Å². The Hall–Kier alpha value is -2.04. The van der Waals surface area contributed by atoms with Crippen LogP contribution >= 0.6 is 0 Å². The van der Waals surface area contributed by atoms with Crippen LogP contribution in [0.15, 0.2) is 24.3 Å². The van der Waals surface area contributed by atoms with Crippen LogP contribution in [0.25, 0.3) is 0 Å². The maximum atomic E-state index is 12.7. The number of carbonyl (C=O) groups is 2. The minimum Gasteiger partial charge on any atom is -0.494 e. The lowest BCUT2D eigenvalue weighted by atomic mass is 10.1. The van der Waals surface area contributed by atoms with E-state index in [1.165, 1.54) is 12.8 Å². The summed E-state index contributed by atoms with van der Waals surface area (Å²) < 4.78 is 5.44. The Morgan fingerprint density at radius 2 is 1.79 bits per heavy atom. The molecule has 0 bridgehead atoms. The first-order valence-electron chi connectivity index (χ1n) is 9.01. The molecule has 2 aliphatic heterocycles. The molecule has 3 rings (SSSR count). The standard InChI is InChI=1S/C19H26N2O3/c1-2-24-17-9-7-16(8-10-17)21-14-15(13-18(21)22)19(23)20-11-5-3-4-6-12-20/h7-10,15H,2-6,11-14H2,1H3/t15-/m1/s1. The van der Waals surface area contributed by atoms with Crippen molar-refractivity contribution in [3.05, 3.63) is 24.3 Å². The highest BCUT2D eigenvalue weighted by Gasteiger charge is 2.37. The van der Waals surface area contributed by atoms with Crippen LogP contribution in [-0.4, -0.2) is 43.0 Å². The van der Waals surface area contributed by atoms with Crippen molar-refractivity contribution >= 4 is 17.5 Å². The van der Waals surface area contributed by atoms with E-state index in [9.17, 15) is 9.59 Å². The zero-order valence-electron chi connectivity index (χ0n) is 14.4. The molecule has 2 saturated heterocycles. The third kappa shape index (κ3) is 3.71. The Balaban J connectivity index is 1.65. The molecule has 0 aromatic heterocycles. The van der Waals surface area contributed by atoms with E-state index in [-0.39, 0.29) is 17.7 Å². The molecule has 0 saturated carbocycles. The summed E-state index contributed by atoms with van der Waals surface area (Å²) in [5, 5.41) is 0. The number of anilines is 1. The lowest BCUT2D eigenvalue weighted by Crippen LogP contribution is -2.38. The number of hydrogen-bond acceptors (Lipinski definition) is 3. The molecule has 1 atom stereocenters. The quantitative estimate of drug-likeness (QED) is 0.853. The van der Waals surface area contributed by atoms with Gasteiger partial charge in [-0.05, 0) is 44.0 Å². The number of amides is 2. The summed E-state index contributed by atoms with van der Waals surface area (Å²) in [7, 11) is 0. The van der Waals surface area contributed by atoms with Crippen LogP contribution in [-0.2, 0) is 9.59 Å². The molecular formula is C19H26N2O3. The van der Waals surface area contributed by atoms with Gasteiger partial charge in [0.2, 0.25) is 11.8 Å². The van der Waals surface area contributed by atoms with E-state index in [1.807, 2.05) is 36.1 Å². The summed E-state index contributed by atoms with van der Waals surface area (Å²) in [5.74, 6) is 0.776. The average Bonchev–Trinajstić information content (AvgIpc) is 2.81. The highest BCUT2D eigenvalue weighted by molar-refractivity contribution is 6.00. The van der Waals surface area contributed by atoms with Crippen LogP contribution in [0, 0.1) is 5.92 Å². The fourth-order valence-corrected chi connectivity index (χ4v) is 3.56. The third-order valence-electron chi connectivity index (χ3n) is 4.85. The summed E-state index contributed by atoms with van der Waals surface area (Å²) in [6.45, 7) is 4.73. The molecule has 0 radical (unpaired) electrons. The Morgan fingerprint density at radius 3 is 2.42 bits per heavy atom. The van der Waals surface area contributed by atoms with Gasteiger partial charge in [-0.15, -0.1) is 0 Å². The normalized spacial score (nSPS) is 21.7. The van der Waals surface area contributed by atoms with Gasteiger partial charge >= 0.3 is 0 Å². The van der Waals surface area contributed by atoms with Crippen LogP contribution in [0.3, 0.4) is 0 Å². The second-order valence-corrected chi connectivity index (χ2v) is 6.57. The minimum atomic E-state index is -0.206. The Labute approximate surface area is 143 Å². The zero-order chi connectivity index (χ0) is 16.9. The SMILES string of the molecule is CCOc1ccc(N2C[C@H](C(=O)N3CCCCCC3)CC2=O)cc1. The van der Waals surface area contributed by atoms with Crippen molar-refractivity contribution in [3.8, 4) is 5.75 Å². The van der Waals surface area contributed by atoms with Crippen LogP contribution in [0.1, 0.15) is 39.0 Å². The van der Waals surface area contributed by atoms with Crippen LogP contribution in [0.4, 0.5) is 5.69 Å². The molecule has 2 aliphatic rings. The van der Waals surface area contributed by atoms with Crippen molar-refractivity contribution in [2.75, 3.05) is 31.1 Å². The van der Waals surface area contributed by atoms with Crippen molar-refractivity contribution < 1.29 is 14.3 Å². The van der Waals surface area contributed by atoms with Gasteiger partial charge in [-0.25, -0.2) is 0 Å². The maximum absolute atomic E-state index is 12.7. The number of likely N-dealkylation sites (tertiary alicyclic amines) is 1. The lowest BCUT2D eigenvalue weighted by molar-refractivity contribution is -0.135. The Bertz CT molecular complexity index is 577. The second kappa shape index (κ2) is 7.69. The molecule has 130 valence electrons. The minimum absolute atomic E-state index is 0.0346. The van der Waals surface area contributed by atoms with Gasteiger partial charge < -0.3 is 14.5 Å². The Kier molecular flexibility index (Phi) is 5.38. The largest absolute Gasteiger partial charge is 0.494 e. The van der Waals surface area contributed by atoms with Crippen molar-refractivity contribution in [1.82, 2.24) is 4.90 Å². The molecule has 2 heterocycles. The van der Waals surface area contributed by atoms with E-state index in [0.29, 0.717) is 19.6 Å². The highest BCUT2D eigenvalue weighted by atomic mass is 16.5. The van der Waals surface area contributed by atoms with E-state index >= 15 is 0 Å². The predicted molar refractivity (Wildman–Crippen MR) is 93.1 cm³/mol. The first-order valence-corrected chi connectivity index (χ1v) is 9.01. The smallest absolute Gasteiger partial charge is 0.228 e. The van der Waals surface area contributed by atoms with E-state index in [4.69, 9.17) is 4.74 Å². The van der Waals surface area contributed by atoms with E-state index < -0.39 is 0 Å². The van der Waals surface area contributed by atoms with Gasteiger partial charge in [0.05, 0.1) is 12.5 Å². The predicted octanol–water partition coefficient (Wildman–Crippen LogP) is 2.84. The molecule has 2 amide bonds. The van der Waals surface area contributed by atoms with Crippen molar-refractivity contribution in [2.45, 2.75) is 39.0 Å². The van der Waals surface area contributed by atoms with E-state index in [0.717, 1.165) is 37.4 Å². The van der Waals surface area contributed by atoms with Crippen molar-refractivity contribution in [1.29, 1.82) is 0 Å². The van der Waals surface area contributed by atoms with E-state index in [2.05, 4.69) is 0 Å². The molecule has 5 nitrogen and oxygen atoms in total. The van der Waals surface area contributed by atoms with Gasteiger partial charge in [0.15, 0.2) is 0 Å². The first-order chi connectivity index (χ1) is 11.7. The van der Waals surface area contributed by atoms with Gasteiger partial charge in [0, 0.05) is 31.7 Å². The number of hydrogen-bond donors (Lipinski definition) is 0. The van der Waals surface area contributed by atoms with Gasteiger partial charge in [-0.2, -0.15) is 0 Å². The number of ether oxygens (including phenoxy) is 1. The fourth-order valence-electron chi connectivity index (χ4n) is 3.56. The van der Waals surface area contributed by atoms with Gasteiger partial charge in [-0.3, -0.25) is 9.59 Å². The average molecular weight is 330 g/mol. The fraction of sp³-hybridized carbons (Fsp3) is 0.579. The molecule has 24 heavy (non-hydrogen) atoms. The molecular weight excluding hydrogens is 304 g/mol. The topological polar surface area (TPSA) is 49.9 Å². The van der Waals surface area contributed by atoms with Crippen molar-refractivity contribution in [3.63, 3.8) is 0 Å². The maximum Gasteiger partial charge on any atom is 0.228 e. The Morgan fingerprint density at radius 1 is 1.12 bits per heavy atom. The van der Waals surface area contributed by atoms with Gasteiger partial charge in [0.25, 0.3) is 0 Å².